The fraction of sp³-hybridized carbons (Fsp3) is 0.273. The van der Waals surface area contributed by atoms with Gasteiger partial charge in [-0.2, -0.15) is 0 Å². The molecule has 0 aliphatic heterocycles. The van der Waals surface area contributed by atoms with Crippen molar-refractivity contribution in [3.63, 3.8) is 0 Å². The third-order valence-corrected chi connectivity index (χ3v) is 2.34. The number of ether oxygens (including phenoxy) is 2. The van der Waals surface area contributed by atoms with Crippen LogP contribution in [-0.2, 0) is 4.74 Å². The van der Waals surface area contributed by atoms with Gasteiger partial charge in [0.2, 0.25) is 0 Å². The van der Waals surface area contributed by atoms with Gasteiger partial charge in [-0.05, 0) is 37.3 Å². The van der Waals surface area contributed by atoms with Gasteiger partial charge in [-0.1, -0.05) is 11.6 Å². The van der Waals surface area contributed by atoms with Crippen molar-refractivity contribution >= 4 is 40.7 Å². The standard InChI is InChI=1S/C11H13ClN2O3S/c1-3-17-11(15)14-10(18)13-8-6-7(12)4-5-9(8)16-2/h4-6H,3H2,1-2H3,(H2,13,14,15,18). The maximum Gasteiger partial charge on any atom is 0.413 e. The molecule has 0 spiro atoms. The van der Waals surface area contributed by atoms with Crippen LogP contribution in [0.4, 0.5) is 10.5 Å². The lowest BCUT2D eigenvalue weighted by molar-refractivity contribution is 0.158. The van der Waals surface area contributed by atoms with E-state index in [1.165, 1.54) is 7.11 Å². The predicted octanol–water partition coefficient (Wildman–Crippen LogP) is 2.79. The normalized spacial score (nSPS) is 9.50. The average molecular weight is 289 g/mol. The van der Waals surface area contributed by atoms with Gasteiger partial charge in [0, 0.05) is 5.02 Å². The number of carbonyl (C=O) groups excluding carboxylic acids is 1. The van der Waals surface area contributed by atoms with Gasteiger partial charge in [0.05, 0.1) is 19.4 Å². The number of alkyl carbamates (subject to hydrolysis) is 1. The molecule has 18 heavy (non-hydrogen) atoms. The number of methoxy groups -OCH3 is 1. The highest BCUT2D eigenvalue weighted by atomic mass is 35.5. The molecule has 0 aliphatic carbocycles. The number of amides is 1. The highest BCUT2D eigenvalue weighted by molar-refractivity contribution is 7.80. The molecule has 1 rings (SSSR count). The van der Waals surface area contributed by atoms with Crippen LogP contribution in [0.1, 0.15) is 6.92 Å². The van der Waals surface area contributed by atoms with Gasteiger partial charge in [-0.3, -0.25) is 5.32 Å². The van der Waals surface area contributed by atoms with E-state index in [4.69, 9.17) is 33.3 Å². The largest absolute Gasteiger partial charge is 0.495 e. The zero-order valence-electron chi connectivity index (χ0n) is 9.95. The van der Waals surface area contributed by atoms with Gasteiger partial charge in [-0.15, -0.1) is 0 Å². The molecule has 0 radical (unpaired) electrons. The summed E-state index contributed by atoms with van der Waals surface area (Å²) >= 11 is 10.8. The van der Waals surface area contributed by atoms with Crippen LogP contribution >= 0.6 is 23.8 Å². The van der Waals surface area contributed by atoms with Gasteiger partial charge in [0.25, 0.3) is 0 Å². The molecule has 0 aromatic heterocycles. The summed E-state index contributed by atoms with van der Waals surface area (Å²) < 4.78 is 9.82. The Hall–Kier alpha value is -1.53. The number of rotatable bonds is 3. The summed E-state index contributed by atoms with van der Waals surface area (Å²) in [6, 6.07) is 5.02. The Kier molecular flexibility index (Phi) is 5.67. The maximum absolute atomic E-state index is 11.1. The van der Waals surface area contributed by atoms with Gasteiger partial charge < -0.3 is 14.8 Å². The molecular weight excluding hydrogens is 276 g/mol. The number of hydrogen-bond donors (Lipinski definition) is 2. The molecule has 98 valence electrons. The van der Waals surface area contributed by atoms with E-state index in [0.717, 1.165) is 0 Å². The zero-order valence-corrected chi connectivity index (χ0v) is 11.5. The van der Waals surface area contributed by atoms with Crippen LogP contribution in [0.3, 0.4) is 0 Å². The average Bonchev–Trinajstić information content (AvgIpc) is 2.29. The third-order valence-electron chi connectivity index (χ3n) is 1.90. The smallest absolute Gasteiger partial charge is 0.413 e. The molecule has 1 amide bonds. The van der Waals surface area contributed by atoms with Crippen molar-refractivity contribution < 1.29 is 14.3 Å². The lowest BCUT2D eigenvalue weighted by Gasteiger charge is -2.12. The second-order valence-electron chi connectivity index (χ2n) is 3.14. The summed E-state index contributed by atoms with van der Waals surface area (Å²) in [6.07, 6.45) is -0.615. The highest BCUT2D eigenvalue weighted by Gasteiger charge is 2.08. The molecule has 0 aliphatic rings. The van der Waals surface area contributed by atoms with E-state index in [-0.39, 0.29) is 11.7 Å². The summed E-state index contributed by atoms with van der Waals surface area (Å²) in [4.78, 5) is 11.1. The molecule has 0 fully saturated rings. The first-order valence-corrected chi connectivity index (χ1v) is 5.93. The molecule has 0 saturated carbocycles. The maximum atomic E-state index is 11.1. The number of thiocarbonyl (C=S) groups is 1. The van der Waals surface area contributed by atoms with Crippen LogP contribution in [0.15, 0.2) is 18.2 Å². The van der Waals surface area contributed by atoms with Crippen molar-refractivity contribution in [2.75, 3.05) is 19.0 Å². The van der Waals surface area contributed by atoms with Crippen LogP contribution in [-0.4, -0.2) is 24.9 Å². The van der Waals surface area contributed by atoms with Gasteiger partial charge in [-0.25, -0.2) is 4.79 Å². The molecule has 7 heteroatoms. The Balaban J connectivity index is 2.69. The summed E-state index contributed by atoms with van der Waals surface area (Å²) in [5, 5.41) is 5.79. The summed E-state index contributed by atoms with van der Waals surface area (Å²) in [5.41, 5.74) is 0.562. The number of carbonyl (C=O) groups is 1. The van der Waals surface area contributed by atoms with Gasteiger partial charge in [0.1, 0.15) is 5.75 Å². The molecule has 0 bridgehead atoms. The molecule has 5 nitrogen and oxygen atoms in total. The molecule has 0 heterocycles. The van der Waals surface area contributed by atoms with Crippen LogP contribution in [0.25, 0.3) is 0 Å². The van der Waals surface area contributed by atoms with E-state index in [0.29, 0.717) is 16.5 Å². The van der Waals surface area contributed by atoms with Crippen LogP contribution in [0.5, 0.6) is 5.75 Å². The monoisotopic (exact) mass is 288 g/mol. The molecule has 0 atom stereocenters. The minimum atomic E-state index is -0.615. The van der Waals surface area contributed by atoms with Crippen molar-refractivity contribution in [3.8, 4) is 5.75 Å². The zero-order chi connectivity index (χ0) is 13.5. The lowest BCUT2D eigenvalue weighted by atomic mass is 10.3. The number of benzene rings is 1. The Morgan fingerprint density at radius 2 is 2.22 bits per heavy atom. The minimum Gasteiger partial charge on any atom is -0.495 e. The van der Waals surface area contributed by atoms with Crippen molar-refractivity contribution in [1.82, 2.24) is 5.32 Å². The van der Waals surface area contributed by atoms with E-state index in [9.17, 15) is 4.79 Å². The molecule has 2 N–H and O–H groups in total. The SMILES string of the molecule is CCOC(=O)NC(=S)Nc1cc(Cl)ccc1OC. The lowest BCUT2D eigenvalue weighted by Crippen LogP contribution is -2.34. The third kappa shape index (κ3) is 4.38. The second kappa shape index (κ2) is 7.03. The first-order chi connectivity index (χ1) is 8.56. The van der Waals surface area contributed by atoms with Crippen LogP contribution in [0.2, 0.25) is 5.02 Å². The highest BCUT2D eigenvalue weighted by Crippen LogP contribution is 2.27. The summed E-state index contributed by atoms with van der Waals surface area (Å²) in [5.74, 6) is 0.562. The fourth-order valence-electron chi connectivity index (χ4n) is 1.19. The predicted molar refractivity (Wildman–Crippen MR) is 74.4 cm³/mol. The van der Waals surface area contributed by atoms with Crippen LogP contribution < -0.4 is 15.4 Å². The van der Waals surface area contributed by atoms with E-state index in [2.05, 4.69) is 10.6 Å². The van der Waals surface area contributed by atoms with Crippen molar-refractivity contribution in [2.24, 2.45) is 0 Å². The molecular formula is C11H13ClN2O3S. The van der Waals surface area contributed by atoms with E-state index in [1.807, 2.05) is 0 Å². The number of anilines is 1. The number of hydrogen-bond acceptors (Lipinski definition) is 4. The Morgan fingerprint density at radius 3 is 2.83 bits per heavy atom. The number of halogens is 1. The molecule has 0 unspecified atom stereocenters. The van der Waals surface area contributed by atoms with Crippen LogP contribution in [0, 0.1) is 0 Å². The van der Waals surface area contributed by atoms with E-state index in [1.54, 1.807) is 25.1 Å². The summed E-state index contributed by atoms with van der Waals surface area (Å²) in [6.45, 7) is 1.98. The molecule has 0 saturated heterocycles. The quantitative estimate of drug-likeness (QED) is 0.838. The minimum absolute atomic E-state index is 0.106. The molecule has 1 aromatic rings. The summed E-state index contributed by atoms with van der Waals surface area (Å²) in [7, 11) is 1.52. The topological polar surface area (TPSA) is 59.6 Å². The van der Waals surface area contributed by atoms with E-state index >= 15 is 0 Å². The second-order valence-corrected chi connectivity index (χ2v) is 3.99. The van der Waals surface area contributed by atoms with Crippen molar-refractivity contribution in [3.05, 3.63) is 23.2 Å². The Bertz CT molecular complexity index is 454. The first-order valence-electron chi connectivity index (χ1n) is 5.15. The Labute approximate surface area is 115 Å². The number of nitrogens with one attached hydrogen (secondary N) is 2. The van der Waals surface area contributed by atoms with E-state index < -0.39 is 6.09 Å². The van der Waals surface area contributed by atoms with Crippen molar-refractivity contribution in [2.45, 2.75) is 6.92 Å². The van der Waals surface area contributed by atoms with Gasteiger partial charge >= 0.3 is 6.09 Å². The Morgan fingerprint density at radius 1 is 1.50 bits per heavy atom. The first kappa shape index (κ1) is 14.5. The molecule has 1 aromatic carbocycles. The fourth-order valence-corrected chi connectivity index (χ4v) is 1.56. The van der Waals surface area contributed by atoms with Gasteiger partial charge in [0.15, 0.2) is 5.11 Å². The van der Waals surface area contributed by atoms with Crippen molar-refractivity contribution in [1.29, 1.82) is 0 Å².